The molecule has 5 nitrogen and oxygen atoms in total. The van der Waals surface area contributed by atoms with Gasteiger partial charge in [-0.1, -0.05) is 53.7 Å². The third-order valence-corrected chi connectivity index (χ3v) is 4.35. The number of nitrogens with zero attached hydrogens (tertiary/aromatic N) is 1. The van der Waals surface area contributed by atoms with E-state index in [1.54, 1.807) is 24.3 Å². The Morgan fingerprint density at radius 2 is 2.05 bits per heavy atom. The summed E-state index contributed by atoms with van der Waals surface area (Å²) in [6, 6.07) is 8.71. The van der Waals surface area contributed by atoms with Crippen molar-refractivity contribution in [1.29, 1.82) is 0 Å². The molecule has 0 saturated carbocycles. The van der Waals surface area contributed by atoms with Crippen molar-refractivity contribution in [2.24, 2.45) is 0 Å². The number of hydrogen-bond acceptors (Lipinski definition) is 5. The van der Waals surface area contributed by atoms with E-state index >= 15 is 0 Å². The Hall–Kier alpha value is -1.53. The molecule has 1 heterocycles. The summed E-state index contributed by atoms with van der Waals surface area (Å²) >= 11 is 6.73. The van der Waals surface area contributed by atoms with Gasteiger partial charge in [0.15, 0.2) is 0 Å². The van der Waals surface area contributed by atoms with E-state index < -0.39 is 16.7 Å². The average molecular weight is 314 g/mol. The number of alkyl halides is 1. The summed E-state index contributed by atoms with van der Waals surface area (Å²) in [4.78, 5) is 36.2. The molecule has 1 aromatic rings. The maximum absolute atomic E-state index is 11.9. The molecule has 2 atom stereocenters. The fourth-order valence-corrected chi connectivity index (χ4v) is 2.97. The molecule has 20 heavy (non-hydrogen) atoms. The number of likely N-dealkylation sites (tertiary alicyclic amines) is 1. The molecule has 0 spiro atoms. The number of rotatable bonds is 4. The molecular weight excluding hydrogens is 302 g/mol. The summed E-state index contributed by atoms with van der Waals surface area (Å²) in [7, 11) is 1.20. The largest absolute Gasteiger partial charge is 0.467 e. The Morgan fingerprint density at radius 1 is 1.40 bits per heavy atom. The van der Waals surface area contributed by atoms with Gasteiger partial charge in [0, 0.05) is 12.1 Å². The highest BCUT2D eigenvalue weighted by atomic mass is 35.5. The van der Waals surface area contributed by atoms with E-state index in [1.165, 1.54) is 12.0 Å². The van der Waals surface area contributed by atoms with E-state index in [1.807, 2.05) is 6.07 Å². The molecule has 7 heteroatoms. The molecule has 106 valence electrons. The van der Waals surface area contributed by atoms with E-state index in [4.69, 9.17) is 11.6 Å². The molecule has 0 radical (unpaired) electrons. The number of ether oxygens (including phenoxy) is 1. The minimum Gasteiger partial charge on any atom is -0.467 e. The topological polar surface area (TPSA) is 63.7 Å². The van der Waals surface area contributed by atoms with Crippen LogP contribution in [-0.4, -0.2) is 46.3 Å². The Kier molecular flexibility index (Phi) is 4.67. The number of benzene rings is 1. The monoisotopic (exact) mass is 313 g/mol. The standard InChI is InChI=1S/C13H12ClNO4S/c1-19-12(17)10(14)15-7-9(11(15)16)20-13(18)8-5-3-2-4-6-8/h2-6,9-10H,7H2,1H3. The van der Waals surface area contributed by atoms with E-state index in [0.29, 0.717) is 5.56 Å². The van der Waals surface area contributed by atoms with Crippen molar-refractivity contribution in [2.45, 2.75) is 10.8 Å². The highest BCUT2D eigenvalue weighted by molar-refractivity contribution is 8.15. The van der Waals surface area contributed by atoms with Gasteiger partial charge in [-0.15, -0.1) is 0 Å². The number of amides is 1. The fourth-order valence-electron chi connectivity index (χ4n) is 1.71. The van der Waals surface area contributed by atoms with Crippen LogP contribution in [0.3, 0.4) is 0 Å². The second-order valence-electron chi connectivity index (χ2n) is 4.11. The van der Waals surface area contributed by atoms with Crippen LogP contribution >= 0.6 is 23.4 Å². The number of hydrogen-bond donors (Lipinski definition) is 0. The number of halogens is 1. The molecule has 0 aromatic heterocycles. The van der Waals surface area contributed by atoms with Gasteiger partial charge in [0.1, 0.15) is 5.25 Å². The average Bonchev–Trinajstić information content (AvgIpc) is 2.49. The molecule has 2 rings (SSSR count). The van der Waals surface area contributed by atoms with Gasteiger partial charge < -0.3 is 9.64 Å². The van der Waals surface area contributed by atoms with E-state index in [2.05, 4.69) is 4.74 Å². The van der Waals surface area contributed by atoms with Crippen molar-refractivity contribution in [3.05, 3.63) is 35.9 Å². The first kappa shape index (κ1) is 14.9. The summed E-state index contributed by atoms with van der Waals surface area (Å²) in [5, 5.41) is -0.665. The number of methoxy groups -OCH3 is 1. The fraction of sp³-hybridized carbons (Fsp3) is 0.308. The molecule has 2 unspecified atom stereocenters. The zero-order valence-corrected chi connectivity index (χ0v) is 12.2. The third kappa shape index (κ3) is 2.96. The maximum Gasteiger partial charge on any atom is 0.344 e. The van der Waals surface area contributed by atoms with Gasteiger partial charge in [-0.05, 0) is 0 Å². The van der Waals surface area contributed by atoms with Crippen LogP contribution in [0.5, 0.6) is 0 Å². The van der Waals surface area contributed by atoms with Crippen molar-refractivity contribution >= 4 is 40.4 Å². The SMILES string of the molecule is COC(=O)C(Cl)N1CC(SC(=O)c2ccccc2)C1=O. The van der Waals surface area contributed by atoms with Gasteiger partial charge in [0.05, 0.1) is 7.11 Å². The Balaban J connectivity index is 1.91. The number of thioether (sulfide) groups is 1. The van der Waals surface area contributed by atoms with Gasteiger partial charge in [-0.2, -0.15) is 0 Å². The van der Waals surface area contributed by atoms with Crippen LogP contribution in [0.25, 0.3) is 0 Å². The van der Waals surface area contributed by atoms with E-state index in [0.717, 1.165) is 11.8 Å². The molecule has 1 saturated heterocycles. The van der Waals surface area contributed by atoms with Crippen molar-refractivity contribution < 1.29 is 19.1 Å². The van der Waals surface area contributed by atoms with Gasteiger partial charge >= 0.3 is 5.97 Å². The second kappa shape index (κ2) is 6.28. The van der Waals surface area contributed by atoms with Crippen molar-refractivity contribution in [3.8, 4) is 0 Å². The maximum atomic E-state index is 11.9. The first-order chi connectivity index (χ1) is 9.54. The minimum absolute atomic E-state index is 0.173. The van der Waals surface area contributed by atoms with Crippen LogP contribution in [0.15, 0.2) is 30.3 Å². The quantitative estimate of drug-likeness (QED) is 0.365. The first-order valence-corrected chi connectivity index (χ1v) is 7.14. The lowest BCUT2D eigenvalue weighted by atomic mass is 10.2. The molecule has 1 aliphatic heterocycles. The lowest BCUT2D eigenvalue weighted by Crippen LogP contribution is -2.59. The zero-order chi connectivity index (χ0) is 14.7. The predicted octanol–water partition coefficient (Wildman–Crippen LogP) is 1.51. The normalized spacial score (nSPS) is 19.2. The second-order valence-corrected chi connectivity index (χ2v) is 5.70. The molecular formula is C13H12ClNO4S. The van der Waals surface area contributed by atoms with Crippen LogP contribution in [-0.2, 0) is 14.3 Å². The van der Waals surface area contributed by atoms with Crippen LogP contribution in [0, 0.1) is 0 Å². The van der Waals surface area contributed by atoms with Crippen LogP contribution in [0.2, 0.25) is 0 Å². The Labute approximate surface area is 125 Å². The lowest BCUT2D eigenvalue weighted by Gasteiger charge is -2.39. The predicted molar refractivity (Wildman–Crippen MR) is 75.5 cm³/mol. The Morgan fingerprint density at radius 3 is 2.60 bits per heavy atom. The van der Waals surface area contributed by atoms with Crippen LogP contribution < -0.4 is 0 Å². The van der Waals surface area contributed by atoms with Crippen LogP contribution in [0.1, 0.15) is 10.4 Å². The molecule has 1 aromatic carbocycles. The first-order valence-electron chi connectivity index (χ1n) is 5.83. The van der Waals surface area contributed by atoms with Crippen LogP contribution in [0.4, 0.5) is 0 Å². The van der Waals surface area contributed by atoms with Gasteiger partial charge in [0.2, 0.25) is 16.5 Å². The number of carbonyl (C=O) groups excluding carboxylic acids is 3. The van der Waals surface area contributed by atoms with Crippen molar-refractivity contribution in [2.75, 3.05) is 13.7 Å². The molecule has 0 bridgehead atoms. The number of β-lactam (4-membered cyclic amide) rings is 1. The number of carbonyl (C=O) groups is 3. The summed E-state index contributed by atoms with van der Waals surface area (Å²) in [5.41, 5.74) is -0.588. The summed E-state index contributed by atoms with van der Waals surface area (Å²) in [6.45, 7) is 0.255. The van der Waals surface area contributed by atoms with Gasteiger partial charge in [0.25, 0.3) is 0 Å². The van der Waals surface area contributed by atoms with Crippen molar-refractivity contribution in [3.63, 3.8) is 0 Å². The van der Waals surface area contributed by atoms with Gasteiger partial charge in [-0.3, -0.25) is 9.59 Å². The van der Waals surface area contributed by atoms with Gasteiger partial charge in [-0.25, -0.2) is 4.79 Å². The summed E-state index contributed by atoms with van der Waals surface area (Å²) in [5.74, 6) is -1.01. The lowest BCUT2D eigenvalue weighted by molar-refractivity contribution is -0.153. The molecule has 0 N–H and O–H groups in total. The highest BCUT2D eigenvalue weighted by Gasteiger charge is 2.44. The Bertz CT molecular complexity index is 536. The highest BCUT2D eigenvalue weighted by Crippen LogP contribution is 2.29. The molecule has 1 amide bonds. The minimum atomic E-state index is -1.13. The van der Waals surface area contributed by atoms with E-state index in [-0.39, 0.29) is 17.6 Å². The summed E-state index contributed by atoms with van der Waals surface area (Å²) in [6.07, 6.45) is 0. The molecule has 1 aliphatic rings. The molecule has 1 fully saturated rings. The number of esters is 1. The smallest absolute Gasteiger partial charge is 0.344 e. The van der Waals surface area contributed by atoms with Crippen molar-refractivity contribution in [1.82, 2.24) is 4.90 Å². The third-order valence-electron chi connectivity index (χ3n) is 2.85. The molecule has 0 aliphatic carbocycles. The van der Waals surface area contributed by atoms with E-state index in [9.17, 15) is 14.4 Å². The summed E-state index contributed by atoms with van der Waals surface area (Å²) < 4.78 is 4.46. The zero-order valence-electron chi connectivity index (χ0n) is 10.6.